The van der Waals surface area contributed by atoms with Gasteiger partial charge in [0, 0.05) is 6.04 Å². The molecule has 1 unspecified atom stereocenters. The van der Waals surface area contributed by atoms with Crippen molar-refractivity contribution in [2.75, 3.05) is 0 Å². The Morgan fingerprint density at radius 2 is 1.70 bits per heavy atom. The molecule has 0 spiro atoms. The van der Waals surface area contributed by atoms with Gasteiger partial charge in [-0.15, -0.1) is 0 Å². The van der Waals surface area contributed by atoms with Crippen LogP contribution in [0.3, 0.4) is 0 Å². The van der Waals surface area contributed by atoms with Crippen LogP contribution in [0.1, 0.15) is 25.7 Å². The number of hydrogen-bond acceptors (Lipinski definition) is 1. The SMILES string of the molecule is N[C@@H]1[C@@H]2CC3C[C@@H](C2)[C@@H]1C3. The zero-order valence-electron chi connectivity index (χ0n) is 6.29. The third-order valence-corrected chi connectivity index (χ3v) is 4.13. The van der Waals surface area contributed by atoms with Crippen LogP contribution in [0, 0.1) is 23.7 Å². The van der Waals surface area contributed by atoms with Crippen LogP contribution in [0.5, 0.6) is 0 Å². The van der Waals surface area contributed by atoms with Gasteiger partial charge in [-0.25, -0.2) is 0 Å². The highest BCUT2D eigenvalue weighted by atomic mass is 14.8. The van der Waals surface area contributed by atoms with Gasteiger partial charge in [0.1, 0.15) is 0 Å². The first-order chi connectivity index (χ1) is 4.84. The quantitative estimate of drug-likeness (QED) is 0.536. The molecule has 4 bridgehead atoms. The van der Waals surface area contributed by atoms with Crippen LogP contribution in [-0.2, 0) is 0 Å². The Morgan fingerprint density at radius 3 is 2.40 bits per heavy atom. The molecule has 0 amide bonds. The van der Waals surface area contributed by atoms with Gasteiger partial charge in [0.05, 0.1) is 0 Å². The first kappa shape index (κ1) is 5.59. The van der Waals surface area contributed by atoms with E-state index in [0.717, 1.165) is 23.7 Å². The van der Waals surface area contributed by atoms with Crippen LogP contribution < -0.4 is 5.73 Å². The third kappa shape index (κ3) is 0.493. The Kier molecular flexibility index (Phi) is 0.883. The Balaban J connectivity index is 1.99. The summed E-state index contributed by atoms with van der Waals surface area (Å²) in [6.07, 6.45) is 5.94. The van der Waals surface area contributed by atoms with E-state index < -0.39 is 0 Å². The number of hydrogen-bond donors (Lipinski definition) is 1. The highest BCUT2D eigenvalue weighted by Gasteiger charge is 2.52. The zero-order valence-corrected chi connectivity index (χ0v) is 6.29. The van der Waals surface area contributed by atoms with Crippen molar-refractivity contribution in [3.8, 4) is 0 Å². The van der Waals surface area contributed by atoms with Gasteiger partial charge in [0.25, 0.3) is 0 Å². The van der Waals surface area contributed by atoms with Crippen molar-refractivity contribution in [2.45, 2.75) is 31.7 Å². The molecule has 4 rings (SSSR count). The molecule has 0 aromatic heterocycles. The first-order valence-corrected chi connectivity index (χ1v) is 4.60. The molecule has 1 nitrogen and oxygen atoms in total. The second-order valence-electron chi connectivity index (χ2n) is 4.57. The monoisotopic (exact) mass is 137 g/mol. The summed E-state index contributed by atoms with van der Waals surface area (Å²) in [6.45, 7) is 0. The van der Waals surface area contributed by atoms with E-state index in [-0.39, 0.29) is 0 Å². The summed E-state index contributed by atoms with van der Waals surface area (Å²) >= 11 is 0. The van der Waals surface area contributed by atoms with Crippen LogP contribution in [0.25, 0.3) is 0 Å². The lowest BCUT2D eigenvalue weighted by Crippen LogP contribution is -2.35. The molecule has 0 aromatic rings. The van der Waals surface area contributed by atoms with Gasteiger partial charge in [0.15, 0.2) is 0 Å². The maximum absolute atomic E-state index is 6.10. The highest BCUT2D eigenvalue weighted by Crippen LogP contribution is 2.57. The predicted molar refractivity (Wildman–Crippen MR) is 40.4 cm³/mol. The van der Waals surface area contributed by atoms with Gasteiger partial charge < -0.3 is 5.73 Å². The molecular formula is C9H15N. The fraction of sp³-hybridized carbons (Fsp3) is 1.00. The van der Waals surface area contributed by atoms with Gasteiger partial charge in [-0.3, -0.25) is 0 Å². The molecule has 1 heteroatoms. The van der Waals surface area contributed by atoms with Crippen molar-refractivity contribution in [3.05, 3.63) is 0 Å². The van der Waals surface area contributed by atoms with E-state index in [2.05, 4.69) is 0 Å². The molecule has 10 heavy (non-hydrogen) atoms. The van der Waals surface area contributed by atoms with Crippen molar-refractivity contribution in [3.63, 3.8) is 0 Å². The molecule has 5 atom stereocenters. The maximum Gasteiger partial charge on any atom is 0.00985 e. The molecule has 4 aliphatic rings. The molecule has 56 valence electrons. The fourth-order valence-corrected chi connectivity index (χ4v) is 3.79. The largest absolute Gasteiger partial charge is 0.327 e. The summed E-state index contributed by atoms with van der Waals surface area (Å²) in [7, 11) is 0. The van der Waals surface area contributed by atoms with E-state index in [1.165, 1.54) is 25.7 Å². The van der Waals surface area contributed by atoms with Gasteiger partial charge in [0.2, 0.25) is 0 Å². The van der Waals surface area contributed by atoms with Gasteiger partial charge >= 0.3 is 0 Å². The Morgan fingerprint density at radius 1 is 0.900 bits per heavy atom. The summed E-state index contributed by atoms with van der Waals surface area (Å²) in [5.41, 5.74) is 6.10. The van der Waals surface area contributed by atoms with E-state index >= 15 is 0 Å². The average molecular weight is 137 g/mol. The van der Waals surface area contributed by atoms with Crippen LogP contribution >= 0.6 is 0 Å². The van der Waals surface area contributed by atoms with Crippen molar-refractivity contribution < 1.29 is 0 Å². The van der Waals surface area contributed by atoms with E-state index in [9.17, 15) is 0 Å². The first-order valence-electron chi connectivity index (χ1n) is 4.60. The minimum absolute atomic E-state index is 0.601. The standard InChI is InChI=1S/C9H15N/c10-9-7-2-5-1-6(4-7)8(9)3-5/h5-9H,1-4,10H2/t5?,6-,7+,8-,9+/m0/s1. The maximum atomic E-state index is 6.10. The average Bonchev–Trinajstić information content (AvgIpc) is 2.31. The Labute approximate surface area is 62.0 Å². The molecule has 0 radical (unpaired) electrons. The summed E-state index contributed by atoms with van der Waals surface area (Å²) in [4.78, 5) is 0. The Bertz CT molecular complexity index is 160. The second kappa shape index (κ2) is 1.58. The van der Waals surface area contributed by atoms with Crippen molar-refractivity contribution in [2.24, 2.45) is 29.4 Å². The summed E-state index contributed by atoms with van der Waals surface area (Å²) in [6, 6.07) is 0.601. The number of nitrogens with two attached hydrogens (primary N) is 1. The lowest BCUT2D eigenvalue weighted by molar-refractivity contribution is 0.250. The molecule has 2 N–H and O–H groups in total. The van der Waals surface area contributed by atoms with Gasteiger partial charge in [-0.05, 0) is 49.4 Å². The van der Waals surface area contributed by atoms with Crippen molar-refractivity contribution in [1.82, 2.24) is 0 Å². The topological polar surface area (TPSA) is 26.0 Å². The smallest absolute Gasteiger partial charge is 0.00985 e. The van der Waals surface area contributed by atoms with Crippen LogP contribution in [-0.4, -0.2) is 6.04 Å². The zero-order chi connectivity index (χ0) is 6.72. The minimum Gasteiger partial charge on any atom is -0.327 e. The molecule has 4 fully saturated rings. The van der Waals surface area contributed by atoms with Crippen molar-refractivity contribution in [1.29, 1.82) is 0 Å². The van der Waals surface area contributed by atoms with E-state index in [1.54, 1.807) is 0 Å². The normalized spacial score (nSPS) is 63.9. The van der Waals surface area contributed by atoms with E-state index in [0.29, 0.717) is 6.04 Å². The molecule has 4 saturated carbocycles. The van der Waals surface area contributed by atoms with E-state index in [1.807, 2.05) is 0 Å². The summed E-state index contributed by atoms with van der Waals surface area (Å²) in [5.74, 6) is 4.03. The Hall–Kier alpha value is -0.0400. The number of rotatable bonds is 0. The molecule has 0 aromatic carbocycles. The summed E-state index contributed by atoms with van der Waals surface area (Å²) < 4.78 is 0. The second-order valence-corrected chi connectivity index (χ2v) is 4.57. The van der Waals surface area contributed by atoms with Crippen LogP contribution in [0.15, 0.2) is 0 Å². The molecule has 4 aliphatic carbocycles. The van der Waals surface area contributed by atoms with Crippen LogP contribution in [0.4, 0.5) is 0 Å². The lowest BCUT2D eigenvalue weighted by Gasteiger charge is -2.29. The molecule has 0 saturated heterocycles. The lowest BCUT2D eigenvalue weighted by atomic mass is 9.80. The highest BCUT2D eigenvalue weighted by molar-refractivity contribution is 5.04. The minimum atomic E-state index is 0.601. The predicted octanol–water partition coefficient (Wildman–Crippen LogP) is 1.38. The summed E-state index contributed by atoms with van der Waals surface area (Å²) in [5, 5.41) is 0. The molecule has 0 aliphatic heterocycles. The van der Waals surface area contributed by atoms with Gasteiger partial charge in [-0.1, -0.05) is 0 Å². The van der Waals surface area contributed by atoms with Crippen molar-refractivity contribution >= 4 is 0 Å². The van der Waals surface area contributed by atoms with E-state index in [4.69, 9.17) is 5.73 Å². The molecule has 0 heterocycles. The fourth-order valence-electron chi connectivity index (χ4n) is 3.79. The molecular weight excluding hydrogens is 122 g/mol. The third-order valence-electron chi connectivity index (χ3n) is 4.13. The van der Waals surface area contributed by atoms with Crippen LogP contribution in [0.2, 0.25) is 0 Å². The van der Waals surface area contributed by atoms with Gasteiger partial charge in [-0.2, -0.15) is 0 Å².